The molecule has 176 valence electrons. The maximum absolute atomic E-state index is 12.3. The maximum atomic E-state index is 12.3. The third-order valence-corrected chi connectivity index (χ3v) is 4.77. The Kier molecular flexibility index (Phi) is 8.62. The first kappa shape index (κ1) is 24.3. The lowest BCUT2D eigenvalue weighted by atomic mass is 10.2. The number of benzene rings is 2. The van der Waals surface area contributed by atoms with Crippen LogP contribution in [0, 0.1) is 6.92 Å². The zero-order chi connectivity index (χ0) is 24.3. The number of rotatable bonds is 10. The minimum atomic E-state index is -0.465. The zero-order valence-electron chi connectivity index (χ0n) is 19.4. The molecule has 34 heavy (non-hydrogen) atoms. The highest BCUT2D eigenvalue weighted by Gasteiger charge is 2.08. The first-order chi connectivity index (χ1) is 16.5. The monoisotopic (exact) mass is 461 g/mol. The summed E-state index contributed by atoms with van der Waals surface area (Å²) in [6.45, 7) is 2.23. The number of esters is 1. The van der Waals surface area contributed by atoms with Crippen LogP contribution in [0.4, 0.5) is 5.82 Å². The van der Waals surface area contributed by atoms with Gasteiger partial charge in [-0.3, -0.25) is 4.79 Å². The molecular weight excluding hydrogens is 434 g/mol. The van der Waals surface area contributed by atoms with Gasteiger partial charge in [0.15, 0.2) is 0 Å². The van der Waals surface area contributed by atoms with Gasteiger partial charge in [0.05, 0.1) is 26.5 Å². The Labute approximate surface area is 198 Å². The summed E-state index contributed by atoms with van der Waals surface area (Å²) >= 11 is 0. The summed E-state index contributed by atoms with van der Waals surface area (Å²) in [5.74, 6) is 1.25. The number of methoxy groups -OCH3 is 2. The summed E-state index contributed by atoms with van der Waals surface area (Å²) in [6, 6.07) is 16.4. The maximum Gasteiger partial charge on any atom is 0.330 e. The Bertz CT molecular complexity index is 1160. The van der Waals surface area contributed by atoms with Gasteiger partial charge in [0.2, 0.25) is 5.91 Å². The summed E-state index contributed by atoms with van der Waals surface area (Å²) in [5, 5.41) is 7.15. The van der Waals surface area contributed by atoms with Crippen LogP contribution in [0.25, 0.3) is 12.2 Å². The molecule has 0 aliphatic heterocycles. The van der Waals surface area contributed by atoms with E-state index in [1.165, 1.54) is 12.2 Å². The summed E-state index contributed by atoms with van der Waals surface area (Å²) < 4.78 is 17.1. The molecule has 0 saturated carbocycles. The largest absolute Gasteiger partial charge is 0.497 e. The average Bonchev–Trinajstić information content (AvgIpc) is 3.20. The Morgan fingerprint density at radius 1 is 0.912 bits per heavy atom. The fraction of sp³-hybridized carbons (Fsp3) is 0.192. The molecule has 1 aromatic heterocycles. The number of hydrogen-bond donors (Lipinski definition) is 1. The van der Waals surface area contributed by atoms with E-state index in [0.29, 0.717) is 12.4 Å². The van der Waals surface area contributed by atoms with Gasteiger partial charge in [0.1, 0.15) is 23.9 Å². The number of carbonyl (C=O) groups excluding carboxylic acids is 2. The smallest absolute Gasteiger partial charge is 0.330 e. The van der Waals surface area contributed by atoms with E-state index in [1.54, 1.807) is 37.1 Å². The molecule has 0 spiro atoms. The Morgan fingerprint density at radius 3 is 2.03 bits per heavy atom. The van der Waals surface area contributed by atoms with Crippen LogP contribution >= 0.6 is 0 Å². The van der Waals surface area contributed by atoms with E-state index in [-0.39, 0.29) is 12.5 Å². The predicted octanol–water partition coefficient (Wildman–Crippen LogP) is 4.12. The predicted molar refractivity (Wildman–Crippen MR) is 131 cm³/mol. The summed E-state index contributed by atoms with van der Waals surface area (Å²) in [7, 11) is 3.20. The van der Waals surface area contributed by atoms with Crippen LogP contribution in [0.2, 0.25) is 0 Å². The molecule has 3 aromatic rings. The molecule has 0 bridgehead atoms. The third kappa shape index (κ3) is 7.37. The van der Waals surface area contributed by atoms with Gasteiger partial charge in [-0.15, -0.1) is 0 Å². The average molecular weight is 462 g/mol. The normalized spacial score (nSPS) is 11.0. The van der Waals surface area contributed by atoms with Gasteiger partial charge in [0.25, 0.3) is 0 Å². The first-order valence-corrected chi connectivity index (χ1v) is 10.6. The fourth-order valence-corrected chi connectivity index (χ4v) is 3.03. The second-order valence-corrected chi connectivity index (χ2v) is 7.26. The lowest BCUT2D eigenvalue weighted by Crippen LogP contribution is -2.16. The molecule has 1 heterocycles. The molecule has 1 N–H and O–H groups in total. The molecule has 1 amide bonds. The van der Waals surface area contributed by atoms with Crippen LogP contribution in [0.5, 0.6) is 11.5 Å². The molecule has 0 atom stereocenters. The number of nitrogens with one attached hydrogen (secondary N) is 1. The van der Waals surface area contributed by atoms with Crippen molar-refractivity contribution in [3.8, 4) is 11.5 Å². The van der Waals surface area contributed by atoms with E-state index < -0.39 is 5.97 Å². The number of anilines is 1. The molecule has 0 unspecified atom stereocenters. The third-order valence-electron chi connectivity index (χ3n) is 4.77. The molecule has 0 radical (unpaired) electrons. The van der Waals surface area contributed by atoms with Crippen molar-refractivity contribution in [1.82, 2.24) is 9.78 Å². The number of carbonyl (C=O) groups is 2. The second kappa shape index (κ2) is 12.1. The standard InChI is InChI=1S/C26H27N3O5/c1-19-18-24(27-25(30)14-8-20-4-10-22(32-2)11-5-20)29(28-19)16-17-34-26(31)15-9-21-6-12-23(33-3)13-7-21/h4-15,18H,16-17H2,1-3H3,(H,27,30)/b14-8+,15-9+. The zero-order valence-corrected chi connectivity index (χ0v) is 19.4. The van der Waals surface area contributed by atoms with Crippen LogP contribution in [0.1, 0.15) is 16.8 Å². The van der Waals surface area contributed by atoms with Crippen LogP contribution in [-0.2, 0) is 20.9 Å². The Morgan fingerprint density at radius 2 is 1.47 bits per heavy atom. The van der Waals surface area contributed by atoms with Gasteiger partial charge in [0, 0.05) is 18.2 Å². The van der Waals surface area contributed by atoms with Crippen LogP contribution in [0.3, 0.4) is 0 Å². The lowest BCUT2D eigenvalue weighted by Gasteiger charge is -2.08. The van der Waals surface area contributed by atoms with Crippen molar-refractivity contribution in [3.05, 3.63) is 83.6 Å². The van der Waals surface area contributed by atoms with Gasteiger partial charge in [-0.05, 0) is 54.5 Å². The Balaban J connectivity index is 1.50. The SMILES string of the molecule is COc1ccc(/C=C/C(=O)Nc2cc(C)nn2CCOC(=O)/C=C/c2ccc(OC)cc2)cc1. The van der Waals surface area contributed by atoms with Crippen molar-refractivity contribution in [1.29, 1.82) is 0 Å². The molecule has 0 aliphatic carbocycles. The summed E-state index contributed by atoms with van der Waals surface area (Å²) in [4.78, 5) is 24.4. The van der Waals surface area contributed by atoms with Crippen molar-refractivity contribution in [2.24, 2.45) is 0 Å². The number of nitrogens with zero attached hydrogens (tertiary/aromatic N) is 2. The quantitative estimate of drug-likeness (QED) is 0.361. The second-order valence-electron chi connectivity index (χ2n) is 7.26. The van der Waals surface area contributed by atoms with Crippen molar-refractivity contribution in [2.45, 2.75) is 13.5 Å². The summed E-state index contributed by atoms with van der Waals surface area (Å²) in [5.41, 5.74) is 2.46. The molecule has 0 fully saturated rings. The Hall–Kier alpha value is -4.33. The van der Waals surface area contributed by atoms with Gasteiger partial charge in [-0.25, -0.2) is 9.48 Å². The van der Waals surface area contributed by atoms with Crippen LogP contribution < -0.4 is 14.8 Å². The van der Waals surface area contributed by atoms with Gasteiger partial charge in [-0.1, -0.05) is 24.3 Å². The van der Waals surface area contributed by atoms with Crippen LogP contribution in [-0.4, -0.2) is 42.5 Å². The van der Waals surface area contributed by atoms with Crippen molar-refractivity contribution in [2.75, 3.05) is 26.1 Å². The van der Waals surface area contributed by atoms with Crippen molar-refractivity contribution < 1.29 is 23.8 Å². The molecule has 8 nitrogen and oxygen atoms in total. The van der Waals surface area contributed by atoms with E-state index in [4.69, 9.17) is 14.2 Å². The highest BCUT2D eigenvalue weighted by molar-refractivity contribution is 6.01. The number of amides is 1. The molecule has 3 rings (SSSR count). The number of hydrogen-bond acceptors (Lipinski definition) is 6. The molecule has 8 heteroatoms. The molecule has 2 aromatic carbocycles. The lowest BCUT2D eigenvalue weighted by molar-refractivity contribution is -0.138. The van der Waals surface area contributed by atoms with Crippen molar-refractivity contribution in [3.63, 3.8) is 0 Å². The minimum Gasteiger partial charge on any atom is -0.497 e. The summed E-state index contributed by atoms with van der Waals surface area (Å²) in [6.07, 6.45) is 6.18. The van der Waals surface area contributed by atoms with E-state index in [9.17, 15) is 9.59 Å². The number of aromatic nitrogens is 2. The van der Waals surface area contributed by atoms with Crippen molar-refractivity contribution >= 4 is 29.8 Å². The highest BCUT2D eigenvalue weighted by atomic mass is 16.5. The van der Waals surface area contributed by atoms with E-state index in [0.717, 1.165) is 28.3 Å². The van der Waals surface area contributed by atoms with Gasteiger partial charge in [-0.2, -0.15) is 5.10 Å². The molecule has 0 saturated heterocycles. The first-order valence-electron chi connectivity index (χ1n) is 10.6. The number of ether oxygens (including phenoxy) is 3. The highest BCUT2D eigenvalue weighted by Crippen LogP contribution is 2.14. The van der Waals surface area contributed by atoms with Crippen LogP contribution in [0.15, 0.2) is 66.7 Å². The van der Waals surface area contributed by atoms with E-state index >= 15 is 0 Å². The topological polar surface area (TPSA) is 91.7 Å². The molecule has 0 aliphatic rings. The van der Waals surface area contributed by atoms with Gasteiger partial charge >= 0.3 is 5.97 Å². The van der Waals surface area contributed by atoms with E-state index in [1.807, 2.05) is 55.5 Å². The fourth-order valence-electron chi connectivity index (χ4n) is 3.03. The number of aryl methyl sites for hydroxylation is 1. The van der Waals surface area contributed by atoms with Gasteiger partial charge < -0.3 is 19.5 Å². The van der Waals surface area contributed by atoms with E-state index in [2.05, 4.69) is 10.4 Å². The minimum absolute atomic E-state index is 0.109. The molecular formula is C26H27N3O5.